The zero-order valence-electron chi connectivity index (χ0n) is 20.2. The van der Waals surface area contributed by atoms with Crippen LogP contribution in [0.25, 0.3) is 11.1 Å². The zero-order chi connectivity index (χ0) is 24.9. The molecule has 1 unspecified atom stereocenters. The molecule has 0 saturated heterocycles. The van der Waals surface area contributed by atoms with Gasteiger partial charge >= 0.3 is 12.1 Å². The maximum atomic E-state index is 13.2. The molecule has 184 valence electrons. The first-order chi connectivity index (χ1) is 16.8. The minimum atomic E-state index is -1.07. The van der Waals surface area contributed by atoms with Crippen LogP contribution >= 0.6 is 0 Å². The summed E-state index contributed by atoms with van der Waals surface area (Å²) in [5, 5.41) is 12.0. The molecule has 0 aromatic heterocycles. The van der Waals surface area contributed by atoms with Gasteiger partial charge < -0.3 is 20.1 Å². The highest BCUT2D eigenvalue weighted by Gasteiger charge is 2.33. The molecule has 1 fully saturated rings. The van der Waals surface area contributed by atoms with Crippen LogP contribution in [-0.4, -0.2) is 53.7 Å². The van der Waals surface area contributed by atoms with Crippen LogP contribution in [0.3, 0.4) is 0 Å². The number of carboxylic acid groups (broad SMARTS) is 1. The maximum Gasteiger partial charge on any atom is 0.407 e. The number of benzene rings is 2. The Kier molecular flexibility index (Phi) is 7.54. The molecular weight excluding hydrogens is 444 g/mol. The lowest BCUT2D eigenvalue weighted by Gasteiger charge is -2.26. The predicted molar refractivity (Wildman–Crippen MR) is 133 cm³/mol. The average Bonchev–Trinajstić information content (AvgIpc) is 3.59. The van der Waals surface area contributed by atoms with Crippen molar-refractivity contribution in [3.8, 4) is 11.1 Å². The number of carbonyl (C=O) groups excluding carboxylic acids is 2. The number of fused-ring (bicyclic) bond motifs is 3. The van der Waals surface area contributed by atoms with Crippen LogP contribution in [0.5, 0.6) is 0 Å². The molecule has 7 nitrogen and oxygen atoms in total. The molecule has 2 aromatic rings. The largest absolute Gasteiger partial charge is 0.480 e. The number of allylic oxidation sites excluding steroid dienone is 1. The van der Waals surface area contributed by atoms with Crippen molar-refractivity contribution in [3.63, 3.8) is 0 Å². The van der Waals surface area contributed by atoms with E-state index in [-0.39, 0.29) is 25.5 Å². The van der Waals surface area contributed by atoms with Gasteiger partial charge in [0.05, 0.1) is 0 Å². The fourth-order valence-electron chi connectivity index (χ4n) is 4.59. The van der Waals surface area contributed by atoms with Crippen LogP contribution < -0.4 is 5.32 Å². The fourth-order valence-corrected chi connectivity index (χ4v) is 4.59. The standard InChI is InChI=1S/C28H32N2O5/c1-18(2)11-14-25(27(33)30(16-26(31)32)15-19-12-13-19)29-28(34)35-17-24-22-9-5-3-7-20(22)21-8-4-6-10-23(21)24/h3-11,19,24-25H,12-17H2,1-2H3,(H,29,34)(H,31,32). The summed E-state index contributed by atoms with van der Waals surface area (Å²) >= 11 is 0. The van der Waals surface area contributed by atoms with Crippen LogP contribution in [0.2, 0.25) is 0 Å². The van der Waals surface area contributed by atoms with Gasteiger partial charge in [0.1, 0.15) is 19.2 Å². The van der Waals surface area contributed by atoms with Gasteiger partial charge in [-0.25, -0.2) is 4.79 Å². The third-order valence-electron chi connectivity index (χ3n) is 6.51. The van der Waals surface area contributed by atoms with E-state index in [4.69, 9.17) is 4.74 Å². The van der Waals surface area contributed by atoms with Crippen LogP contribution in [0.4, 0.5) is 4.79 Å². The first-order valence-electron chi connectivity index (χ1n) is 12.1. The number of rotatable bonds is 10. The first kappa shape index (κ1) is 24.5. The normalized spacial score (nSPS) is 14.9. The van der Waals surface area contributed by atoms with Crippen molar-refractivity contribution in [3.05, 3.63) is 71.3 Å². The van der Waals surface area contributed by atoms with Crippen LogP contribution in [0.15, 0.2) is 60.2 Å². The summed E-state index contributed by atoms with van der Waals surface area (Å²) in [7, 11) is 0. The summed E-state index contributed by atoms with van der Waals surface area (Å²) in [6.45, 7) is 3.97. The Hall–Kier alpha value is -3.61. The van der Waals surface area contributed by atoms with E-state index in [9.17, 15) is 19.5 Å². The van der Waals surface area contributed by atoms with Gasteiger partial charge in [0.25, 0.3) is 0 Å². The van der Waals surface area contributed by atoms with E-state index in [0.717, 1.165) is 40.7 Å². The van der Waals surface area contributed by atoms with Crippen molar-refractivity contribution in [2.45, 2.75) is 45.1 Å². The summed E-state index contributed by atoms with van der Waals surface area (Å²) in [6.07, 6.45) is 3.42. The van der Waals surface area contributed by atoms with Crippen LogP contribution in [0, 0.1) is 5.92 Å². The lowest BCUT2D eigenvalue weighted by molar-refractivity contribution is -0.145. The molecule has 0 radical (unpaired) electrons. The molecule has 2 amide bonds. The number of amides is 2. The fraction of sp³-hybridized carbons (Fsp3) is 0.393. The van der Waals surface area contributed by atoms with E-state index in [1.165, 1.54) is 4.90 Å². The minimum absolute atomic E-state index is 0.0848. The SMILES string of the molecule is CC(C)=CCC(NC(=O)OCC1c2ccccc2-c2ccccc21)C(=O)N(CC(=O)O)CC1CC1. The molecule has 0 bridgehead atoms. The number of nitrogens with zero attached hydrogens (tertiary/aromatic N) is 1. The van der Waals surface area contributed by atoms with Gasteiger partial charge in [-0.2, -0.15) is 0 Å². The number of hydrogen-bond donors (Lipinski definition) is 2. The molecule has 2 aromatic carbocycles. The minimum Gasteiger partial charge on any atom is -0.480 e. The molecule has 35 heavy (non-hydrogen) atoms. The Morgan fingerprint density at radius 2 is 1.66 bits per heavy atom. The van der Waals surface area contributed by atoms with Crippen molar-refractivity contribution in [1.29, 1.82) is 0 Å². The second kappa shape index (κ2) is 10.8. The highest BCUT2D eigenvalue weighted by Crippen LogP contribution is 2.44. The van der Waals surface area contributed by atoms with E-state index in [1.54, 1.807) is 0 Å². The molecule has 2 N–H and O–H groups in total. The Morgan fingerprint density at radius 3 is 2.20 bits per heavy atom. The van der Waals surface area contributed by atoms with Crippen molar-refractivity contribution in [2.75, 3.05) is 19.7 Å². The van der Waals surface area contributed by atoms with Gasteiger partial charge in [0, 0.05) is 12.5 Å². The van der Waals surface area contributed by atoms with Gasteiger partial charge in [0.2, 0.25) is 5.91 Å². The van der Waals surface area contributed by atoms with Gasteiger partial charge in [-0.1, -0.05) is 60.2 Å². The van der Waals surface area contributed by atoms with Gasteiger partial charge in [-0.3, -0.25) is 9.59 Å². The molecule has 4 rings (SSSR count). The molecule has 2 aliphatic carbocycles. The quantitative estimate of drug-likeness (QED) is 0.490. The summed E-state index contributed by atoms with van der Waals surface area (Å²) in [4.78, 5) is 38.8. The monoisotopic (exact) mass is 476 g/mol. The first-order valence-corrected chi connectivity index (χ1v) is 12.1. The highest BCUT2D eigenvalue weighted by atomic mass is 16.5. The van der Waals surface area contributed by atoms with Crippen molar-refractivity contribution in [1.82, 2.24) is 10.2 Å². The van der Waals surface area contributed by atoms with Crippen LogP contribution in [-0.2, 0) is 14.3 Å². The highest BCUT2D eigenvalue weighted by molar-refractivity contribution is 5.88. The molecule has 2 aliphatic rings. The summed E-state index contributed by atoms with van der Waals surface area (Å²) in [5.74, 6) is -1.22. The number of ether oxygens (including phenoxy) is 1. The average molecular weight is 477 g/mol. The summed E-state index contributed by atoms with van der Waals surface area (Å²) < 4.78 is 5.62. The predicted octanol–water partition coefficient (Wildman–Crippen LogP) is 4.57. The Bertz CT molecular complexity index is 1090. The molecule has 7 heteroatoms. The number of carbonyl (C=O) groups is 3. The molecule has 0 aliphatic heterocycles. The molecular formula is C28H32N2O5. The zero-order valence-corrected chi connectivity index (χ0v) is 20.2. The number of aliphatic carboxylic acids is 1. The number of nitrogens with one attached hydrogen (secondary N) is 1. The summed E-state index contributed by atoms with van der Waals surface area (Å²) in [6, 6.07) is 15.3. The van der Waals surface area contributed by atoms with Crippen molar-refractivity contribution in [2.24, 2.45) is 5.92 Å². The van der Waals surface area contributed by atoms with E-state index >= 15 is 0 Å². The van der Waals surface area contributed by atoms with E-state index in [2.05, 4.69) is 17.4 Å². The second-order valence-electron chi connectivity index (χ2n) is 9.60. The Balaban J connectivity index is 1.45. The third-order valence-corrected chi connectivity index (χ3v) is 6.51. The van der Waals surface area contributed by atoms with Gasteiger partial charge in [-0.15, -0.1) is 0 Å². The second-order valence-corrected chi connectivity index (χ2v) is 9.60. The molecule has 1 atom stereocenters. The van der Waals surface area contributed by atoms with E-state index in [0.29, 0.717) is 12.5 Å². The van der Waals surface area contributed by atoms with E-state index in [1.807, 2.05) is 56.3 Å². The number of hydrogen-bond acceptors (Lipinski definition) is 4. The molecule has 1 saturated carbocycles. The number of alkyl carbamates (subject to hydrolysis) is 1. The smallest absolute Gasteiger partial charge is 0.407 e. The van der Waals surface area contributed by atoms with Gasteiger partial charge in [0.15, 0.2) is 0 Å². The third kappa shape index (κ3) is 6.10. The van der Waals surface area contributed by atoms with Gasteiger partial charge in [-0.05, 0) is 61.3 Å². The number of carboxylic acids is 1. The van der Waals surface area contributed by atoms with Crippen molar-refractivity contribution < 1.29 is 24.2 Å². The Morgan fingerprint density at radius 1 is 1.06 bits per heavy atom. The lowest BCUT2D eigenvalue weighted by atomic mass is 9.98. The Labute approximate surface area is 205 Å². The summed E-state index contributed by atoms with van der Waals surface area (Å²) in [5.41, 5.74) is 5.49. The molecule has 0 spiro atoms. The van der Waals surface area contributed by atoms with Crippen LogP contribution in [0.1, 0.15) is 50.2 Å². The topological polar surface area (TPSA) is 95.9 Å². The van der Waals surface area contributed by atoms with E-state index < -0.39 is 24.0 Å². The lowest BCUT2D eigenvalue weighted by Crippen LogP contribution is -2.50. The maximum absolute atomic E-state index is 13.2. The molecule has 0 heterocycles. The van der Waals surface area contributed by atoms with Crippen molar-refractivity contribution >= 4 is 18.0 Å².